The molecule has 0 fully saturated rings. The van der Waals surface area contributed by atoms with Gasteiger partial charge in [-0.1, -0.05) is 36.4 Å². The molecule has 20 heavy (non-hydrogen) atoms. The fourth-order valence-electron chi connectivity index (χ4n) is 1.88. The molecular weight excluding hydrogens is 283 g/mol. The van der Waals surface area contributed by atoms with Crippen LogP contribution in [0.4, 0.5) is 18.9 Å². The number of thioether (sulfide) groups is 1. The highest BCUT2D eigenvalue weighted by atomic mass is 32.2. The number of nitrogens with one attached hydrogen (secondary N) is 1. The van der Waals surface area contributed by atoms with E-state index in [-0.39, 0.29) is 5.56 Å². The quantitative estimate of drug-likeness (QED) is 0.786. The summed E-state index contributed by atoms with van der Waals surface area (Å²) in [4.78, 5) is 0.920. The molecule has 0 saturated carbocycles. The molecule has 1 nitrogen and oxygen atoms in total. The van der Waals surface area contributed by atoms with E-state index in [2.05, 4.69) is 5.32 Å². The van der Waals surface area contributed by atoms with Crippen molar-refractivity contribution in [2.75, 3.05) is 11.6 Å². The number of anilines is 1. The second-order valence-corrected chi connectivity index (χ2v) is 5.14. The van der Waals surface area contributed by atoms with Gasteiger partial charge in [-0.2, -0.15) is 13.2 Å². The molecule has 0 amide bonds. The van der Waals surface area contributed by atoms with Crippen LogP contribution in [0.3, 0.4) is 0 Å². The van der Waals surface area contributed by atoms with Gasteiger partial charge in [0.15, 0.2) is 0 Å². The third-order valence-corrected chi connectivity index (χ3v) is 3.57. The van der Waals surface area contributed by atoms with Crippen LogP contribution in [0.15, 0.2) is 59.5 Å². The Kier molecular flexibility index (Phi) is 4.60. The maximum Gasteiger partial charge on any atom is 0.412 e. The molecule has 0 saturated heterocycles. The highest BCUT2D eigenvalue weighted by Gasteiger charge is 2.40. The Balaban J connectivity index is 2.29. The number of rotatable bonds is 4. The molecule has 0 spiro atoms. The minimum Gasteiger partial charge on any atom is -0.370 e. The van der Waals surface area contributed by atoms with Crippen LogP contribution >= 0.6 is 11.8 Å². The molecular formula is C15H14F3NS. The molecule has 2 rings (SSSR count). The highest BCUT2D eigenvalue weighted by Crippen LogP contribution is 2.36. The third-order valence-electron chi connectivity index (χ3n) is 2.84. The van der Waals surface area contributed by atoms with Crippen LogP contribution in [0, 0.1) is 0 Å². The molecule has 2 aromatic carbocycles. The molecule has 0 aliphatic carbocycles. The maximum absolute atomic E-state index is 13.2. The zero-order valence-corrected chi connectivity index (χ0v) is 11.6. The summed E-state index contributed by atoms with van der Waals surface area (Å²) in [7, 11) is 0. The zero-order chi connectivity index (χ0) is 14.6. The number of hydrogen-bond acceptors (Lipinski definition) is 2. The monoisotopic (exact) mass is 297 g/mol. The molecule has 106 valence electrons. The minimum atomic E-state index is -4.35. The van der Waals surface area contributed by atoms with Gasteiger partial charge in [0.1, 0.15) is 6.04 Å². The molecule has 1 atom stereocenters. The van der Waals surface area contributed by atoms with E-state index in [0.29, 0.717) is 5.69 Å². The number of hydrogen-bond donors (Lipinski definition) is 1. The SMILES string of the molecule is CSc1cccc(NC(c2ccccc2)C(F)(F)F)c1. The molecule has 0 heterocycles. The standard InChI is InChI=1S/C15H14F3NS/c1-20-13-9-5-8-12(10-13)19-14(15(16,17)18)11-6-3-2-4-7-11/h2-10,14,19H,1H3. The van der Waals surface area contributed by atoms with Crippen molar-refractivity contribution in [1.82, 2.24) is 0 Å². The Morgan fingerprint density at radius 1 is 1.00 bits per heavy atom. The predicted molar refractivity (Wildman–Crippen MR) is 77.1 cm³/mol. The second kappa shape index (κ2) is 6.22. The topological polar surface area (TPSA) is 12.0 Å². The van der Waals surface area contributed by atoms with Crippen LogP contribution in [-0.2, 0) is 0 Å². The first-order valence-corrected chi connectivity index (χ1v) is 7.25. The van der Waals surface area contributed by atoms with Gasteiger partial charge in [0.05, 0.1) is 0 Å². The van der Waals surface area contributed by atoms with Gasteiger partial charge in [-0.3, -0.25) is 0 Å². The van der Waals surface area contributed by atoms with Gasteiger partial charge in [0, 0.05) is 10.6 Å². The van der Waals surface area contributed by atoms with E-state index in [1.807, 2.05) is 12.3 Å². The first kappa shape index (κ1) is 14.8. The molecule has 2 aromatic rings. The normalized spacial score (nSPS) is 13.0. The summed E-state index contributed by atoms with van der Waals surface area (Å²) in [5.41, 5.74) is 0.664. The average molecular weight is 297 g/mol. The van der Waals surface area contributed by atoms with Crippen LogP contribution < -0.4 is 5.32 Å². The predicted octanol–water partition coefficient (Wildman–Crippen LogP) is 5.12. The minimum absolute atomic E-state index is 0.203. The Morgan fingerprint density at radius 3 is 2.30 bits per heavy atom. The van der Waals surface area contributed by atoms with E-state index in [1.54, 1.807) is 36.4 Å². The van der Waals surface area contributed by atoms with E-state index in [4.69, 9.17) is 0 Å². The summed E-state index contributed by atoms with van der Waals surface area (Å²) in [5.74, 6) is 0. The van der Waals surface area contributed by atoms with Crippen LogP contribution in [0.5, 0.6) is 0 Å². The lowest BCUT2D eigenvalue weighted by atomic mass is 10.1. The smallest absolute Gasteiger partial charge is 0.370 e. The Bertz CT molecular complexity index is 555. The van der Waals surface area contributed by atoms with Gasteiger partial charge < -0.3 is 5.32 Å². The van der Waals surface area contributed by atoms with Crippen molar-refractivity contribution in [3.63, 3.8) is 0 Å². The van der Waals surface area contributed by atoms with E-state index >= 15 is 0 Å². The van der Waals surface area contributed by atoms with Crippen molar-refractivity contribution < 1.29 is 13.2 Å². The summed E-state index contributed by atoms with van der Waals surface area (Å²) in [6.07, 6.45) is -2.46. The van der Waals surface area contributed by atoms with Gasteiger partial charge in [-0.05, 0) is 30.0 Å². The van der Waals surface area contributed by atoms with Crippen molar-refractivity contribution in [3.05, 3.63) is 60.2 Å². The summed E-state index contributed by atoms with van der Waals surface area (Å²) in [6.45, 7) is 0. The van der Waals surface area contributed by atoms with E-state index in [0.717, 1.165) is 4.90 Å². The van der Waals surface area contributed by atoms with Crippen LogP contribution in [0.1, 0.15) is 11.6 Å². The van der Waals surface area contributed by atoms with Crippen LogP contribution in [0.25, 0.3) is 0 Å². The lowest BCUT2D eigenvalue weighted by Crippen LogP contribution is -2.27. The van der Waals surface area contributed by atoms with Gasteiger partial charge in [-0.25, -0.2) is 0 Å². The van der Waals surface area contributed by atoms with E-state index in [9.17, 15) is 13.2 Å². The second-order valence-electron chi connectivity index (χ2n) is 4.26. The lowest BCUT2D eigenvalue weighted by Gasteiger charge is -2.23. The van der Waals surface area contributed by atoms with Crippen molar-refractivity contribution in [3.8, 4) is 0 Å². The van der Waals surface area contributed by atoms with Crippen LogP contribution in [0.2, 0.25) is 0 Å². The summed E-state index contributed by atoms with van der Waals surface area (Å²) >= 11 is 1.49. The first-order chi connectivity index (χ1) is 9.50. The van der Waals surface area contributed by atoms with Crippen molar-refractivity contribution in [1.29, 1.82) is 0 Å². The molecule has 1 N–H and O–H groups in total. The van der Waals surface area contributed by atoms with Gasteiger partial charge in [0.25, 0.3) is 0 Å². The molecule has 0 radical (unpaired) electrons. The average Bonchev–Trinajstić information content (AvgIpc) is 2.45. The van der Waals surface area contributed by atoms with E-state index in [1.165, 1.54) is 23.9 Å². The first-order valence-electron chi connectivity index (χ1n) is 6.03. The molecule has 0 aliphatic heterocycles. The largest absolute Gasteiger partial charge is 0.412 e. The summed E-state index contributed by atoms with van der Waals surface area (Å²) in [5, 5.41) is 2.57. The fourth-order valence-corrected chi connectivity index (χ4v) is 2.34. The molecule has 0 bridgehead atoms. The van der Waals surface area contributed by atoms with Crippen molar-refractivity contribution >= 4 is 17.4 Å². The summed E-state index contributed by atoms with van der Waals surface area (Å²) < 4.78 is 39.6. The Labute approximate surface area is 120 Å². The summed E-state index contributed by atoms with van der Waals surface area (Å²) in [6, 6.07) is 13.1. The van der Waals surface area contributed by atoms with Crippen molar-refractivity contribution in [2.24, 2.45) is 0 Å². The molecule has 0 aliphatic rings. The highest BCUT2D eigenvalue weighted by molar-refractivity contribution is 7.98. The Hall–Kier alpha value is -1.62. The Morgan fingerprint density at radius 2 is 1.70 bits per heavy atom. The fraction of sp³-hybridized carbons (Fsp3) is 0.200. The number of halogens is 3. The zero-order valence-electron chi connectivity index (χ0n) is 10.8. The third kappa shape index (κ3) is 3.70. The molecule has 0 aromatic heterocycles. The lowest BCUT2D eigenvalue weighted by molar-refractivity contribution is -0.144. The number of alkyl halides is 3. The van der Waals surface area contributed by atoms with Gasteiger partial charge >= 0.3 is 6.18 Å². The van der Waals surface area contributed by atoms with Gasteiger partial charge in [-0.15, -0.1) is 11.8 Å². The number of benzene rings is 2. The molecule has 1 unspecified atom stereocenters. The maximum atomic E-state index is 13.2. The molecule has 5 heteroatoms. The van der Waals surface area contributed by atoms with Gasteiger partial charge in [0.2, 0.25) is 0 Å². The van der Waals surface area contributed by atoms with E-state index < -0.39 is 12.2 Å². The van der Waals surface area contributed by atoms with Crippen LogP contribution in [-0.4, -0.2) is 12.4 Å². The van der Waals surface area contributed by atoms with Crippen molar-refractivity contribution in [2.45, 2.75) is 17.1 Å².